The highest BCUT2D eigenvalue weighted by atomic mass is 16.2. The van der Waals surface area contributed by atoms with Crippen LogP contribution in [0.3, 0.4) is 0 Å². The predicted molar refractivity (Wildman–Crippen MR) is 64.1 cm³/mol. The van der Waals surface area contributed by atoms with Crippen molar-refractivity contribution < 1.29 is 4.79 Å². The van der Waals surface area contributed by atoms with Gasteiger partial charge in [-0.15, -0.1) is 0 Å². The molecule has 3 nitrogen and oxygen atoms in total. The number of carbonyl (C=O) groups is 1. The van der Waals surface area contributed by atoms with Crippen molar-refractivity contribution in [2.24, 2.45) is 0 Å². The maximum absolute atomic E-state index is 11.4. The average Bonchev–Trinajstić information content (AvgIpc) is 2.56. The molecule has 1 aliphatic heterocycles. The number of nitrogens with one attached hydrogen (secondary N) is 1. The van der Waals surface area contributed by atoms with Gasteiger partial charge in [-0.3, -0.25) is 4.79 Å². The zero-order valence-corrected chi connectivity index (χ0v) is 9.65. The highest BCUT2D eigenvalue weighted by Gasteiger charge is 2.20. The second kappa shape index (κ2) is 5.12. The highest BCUT2D eigenvalue weighted by Crippen LogP contribution is 2.16. The van der Waals surface area contributed by atoms with E-state index in [0.29, 0.717) is 0 Å². The van der Waals surface area contributed by atoms with E-state index < -0.39 is 0 Å². The minimum absolute atomic E-state index is 0.171. The van der Waals surface area contributed by atoms with Crippen LogP contribution in [0.15, 0.2) is 30.3 Å². The summed E-state index contributed by atoms with van der Waals surface area (Å²) in [5.74, 6) is 0.171. The number of hydrogen-bond acceptors (Lipinski definition) is 2. The van der Waals surface area contributed by atoms with Gasteiger partial charge in [-0.1, -0.05) is 30.3 Å². The molecule has 0 spiro atoms. The van der Waals surface area contributed by atoms with E-state index in [1.807, 2.05) is 23.1 Å². The molecule has 1 aromatic carbocycles. The minimum Gasteiger partial charge on any atom is -0.341 e. The molecular weight excluding hydrogens is 200 g/mol. The fourth-order valence-electron chi connectivity index (χ4n) is 2.12. The van der Waals surface area contributed by atoms with Gasteiger partial charge in [-0.2, -0.15) is 0 Å². The van der Waals surface area contributed by atoms with E-state index in [0.717, 1.165) is 26.1 Å². The zero-order valence-electron chi connectivity index (χ0n) is 9.65. The first kappa shape index (κ1) is 11.1. The number of carbonyl (C=O) groups excluding carboxylic acids is 1. The summed E-state index contributed by atoms with van der Waals surface area (Å²) in [4.78, 5) is 13.4. The highest BCUT2D eigenvalue weighted by molar-refractivity contribution is 5.73. The van der Waals surface area contributed by atoms with Gasteiger partial charge >= 0.3 is 0 Å². The molecule has 1 unspecified atom stereocenters. The Morgan fingerprint density at radius 3 is 2.81 bits per heavy atom. The largest absolute Gasteiger partial charge is 0.341 e. The van der Waals surface area contributed by atoms with Crippen molar-refractivity contribution in [2.45, 2.75) is 19.4 Å². The van der Waals surface area contributed by atoms with Crippen LogP contribution in [0.5, 0.6) is 0 Å². The number of hydrogen-bond donors (Lipinski definition) is 1. The van der Waals surface area contributed by atoms with E-state index in [1.54, 1.807) is 6.92 Å². The molecule has 16 heavy (non-hydrogen) atoms. The van der Waals surface area contributed by atoms with Crippen LogP contribution in [-0.4, -0.2) is 30.4 Å². The van der Waals surface area contributed by atoms with E-state index >= 15 is 0 Å². The van der Waals surface area contributed by atoms with Gasteiger partial charge in [0.2, 0.25) is 5.91 Å². The van der Waals surface area contributed by atoms with Crippen LogP contribution in [0, 0.1) is 0 Å². The molecule has 1 fully saturated rings. The smallest absolute Gasteiger partial charge is 0.219 e. The van der Waals surface area contributed by atoms with E-state index in [4.69, 9.17) is 0 Å². The lowest BCUT2D eigenvalue weighted by Crippen LogP contribution is -2.34. The summed E-state index contributed by atoms with van der Waals surface area (Å²) in [6.45, 7) is 4.27. The van der Waals surface area contributed by atoms with Crippen molar-refractivity contribution in [2.75, 3.05) is 19.6 Å². The number of benzene rings is 1. The van der Waals surface area contributed by atoms with Crippen molar-refractivity contribution in [3.63, 3.8) is 0 Å². The summed E-state index contributed by atoms with van der Waals surface area (Å²) < 4.78 is 0. The molecule has 0 aliphatic carbocycles. The lowest BCUT2D eigenvalue weighted by Gasteiger charge is -2.23. The maximum atomic E-state index is 11.4. The molecule has 0 bridgehead atoms. The molecule has 1 atom stereocenters. The first-order chi connectivity index (χ1) is 7.77. The summed E-state index contributed by atoms with van der Waals surface area (Å²) >= 11 is 0. The van der Waals surface area contributed by atoms with Crippen molar-refractivity contribution >= 4 is 5.91 Å². The Kier molecular flexibility index (Phi) is 3.57. The fraction of sp³-hybridized carbons (Fsp3) is 0.462. The number of amides is 1. The second-order valence-electron chi connectivity index (χ2n) is 4.24. The van der Waals surface area contributed by atoms with Crippen LogP contribution in [0.25, 0.3) is 0 Å². The second-order valence-corrected chi connectivity index (χ2v) is 4.24. The molecule has 2 rings (SSSR count). The molecule has 1 amide bonds. The van der Waals surface area contributed by atoms with Gasteiger partial charge in [0.25, 0.3) is 0 Å². The molecule has 1 aromatic rings. The van der Waals surface area contributed by atoms with Gasteiger partial charge in [0.1, 0.15) is 0 Å². The Morgan fingerprint density at radius 1 is 1.38 bits per heavy atom. The lowest BCUT2D eigenvalue weighted by atomic mass is 10.1. The van der Waals surface area contributed by atoms with Gasteiger partial charge in [-0.05, 0) is 18.5 Å². The van der Waals surface area contributed by atoms with Crippen molar-refractivity contribution in [3.05, 3.63) is 35.9 Å². The van der Waals surface area contributed by atoms with Crippen LogP contribution < -0.4 is 5.32 Å². The summed E-state index contributed by atoms with van der Waals surface area (Å²) in [5.41, 5.74) is 1.26. The molecule has 86 valence electrons. The van der Waals surface area contributed by atoms with Crippen molar-refractivity contribution in [1.29, 1.82) is 0 Å². The average molecular weight is 218 g/mol. The Bertz CT molecular complexity index is 350. The summed E-state index contributed by atoms with van der Waals surface area (Å²) in [5, 5.41) is 3.49. The Labute approximate surface area is 96.5 Å². The lowest BCUT2D eigenvalue weighted by molar-refractivity contribution is -0.128. The zero-order chi connectivity index (χ0) is 11.4. The quantitative estimate of drug-likeness (QED) is 0.776. The molecular formula is C13H18N2O. The third-order valence-electron chi connectivity index (χ3n) is 3.05. The van der Waals surface area contributed by atoms with Crippen molar-refractivity contribution in [3.8, 4) is 0 Å². The van der Waals surface area contributed by atoms with Gasteiger partial charge in [0, 0.05) is 26.1 Å². The van der Waals surface area contributed by atoms with Crippen LogP contribution in [0.1, 0.15) is 24.9 Å². The van der Waals surface area contributed by atoms with Gasteiger partial charge in [-0.25, -0.2) is 0 Å². The summed E-state index contributed by atoms with van der Waals surface area (Å²) in [6.07, 6.45) is 1.03. The Hall–Kier alpha value is -1.35. The van der Waals surface area contributed by atoms with E-state index in [-0.39, 0.29) is 11.9 Å². The molecule has 0 saturated carbocycles. The summed E-state index contributed by atoms with van der Waals surface area (Å²) in [7, 11) is 0. The third-order valence-corrected chi connectivity index (χ3v) is 3.05. The molecule has 0 radical (unpaired) electrons. The molecule has 1 aliphatic rings. The Morgan fingerprint density at radius 2 is 2.12 bits per heavy atom. The van der Waals surface area contributed by atoms with Gasteiger partial charge in [0.05, 0.1) is 0 Å². The van der Waals surface area contributed by atoms with Crippen LogP contribution in [0.2, 0.25) is 0 Å². The number of rotatable bonds is 1. The summed E-state index contributed by atoms with van der Waals surface area (Å²) in [6, 6.07) is 10.6. The van der Waals surface area contributed by atoms with Gasteiger partial charge in [0.15, 0.2) is 0 Å². The van der Waals surface area contributed by atoms with Crippen LogP contribution in [0.4, 0.5) is 0 Å². The first-order valence-electron chi connectivity index (χ1n) is 5.81. The Balaban J connectivity index is 2.12. The van der Waals surface area contributed by atoms with Crippen molar-refractivity contribution in [1.82, 2.24) is 10.2 Å². The third kappa shape index (κ3) is 2.61. The van der Waals surface area contributed by atoms with Crippen LogP contribution >= 0.6 is 0 Å². The van der Waals surface area contributed by atoms with E-state index in [2.05, 4.69) is 17.4 Å². The maximum Gasteiger partial charge on any atom is 0.219 e. The van der Waals surface area contributed by atoms with Gasteiger partial charge < -0.3 is 10.2 Å². The molecule has 0 aromatic heterocycles. The molecule has 3 heteroatoms. The SMILES string of the molecule is CC(=O)N1CCCNC(c2ccccc2)C1. The molecule has 1 heterocycles. The predicted octanol–water partition coefficient (Wildman–Crippen LogP) is 1.57. The van der Waals surface area contributed by atoms with E-state index in [9.17, 15) is 4.79 Å². The molecule has 1 saturated heterocycles. The van der Waals surface area contributed by atoms with E-state index in [1.165, 1.54) is 5.56 Å². The first-order valence-corrected chi connectivity index (χ1v) is 5.81. The van der Waals surface area contributed by atoms with Crippen LogP contribution in [-0.2, 0) is 4.79 Å². The topological polar surface area (TPSA) is 32.3 Å². The number of nitrogens with zero attached hydrogens (tertiary/aromatic N) is 1. The molecule has 1 N–H and O–H groups in total. The fourth-order valence-corrected chi connectivity index (χ4v) is 2.12. The normalized spacial score (nSPS) is 21.6. The standard InChI is InChI=1S/C13H18N2O/c1-11(16)15-9-5-8-14-13(10-15)12-6-3-2-4-7-12/h2-4,6-7,13-14H,5,8-10H2,1H3. The minimum atomic E-state index is 0.171. The monoisotopic (exact) mass is 218 g/mol.